The van der Waals surface area contributed by atoms with E-state index in [-0.39, 0.29) is 5.91 Å². The van der Waals surface area contributed by atoms with Gasteiger partial charge in [0.25, 0.3) is 0 Å². The maximum Gasteiger partial charge on any atom is 0.246 e. The molecule has 0 bridgehead atoms. The Morgan fingerprint density at radius 3 is 2.72 bits per heavy atom. The number of rotatable bonds is 5. The van der Waals surface area contributed by atoms with E-state index in [1.165, 1.54) is 0 Å². The van der Waals surface area contributed by atoms with Crippen molar-refractivity contribution in [3.63, 3.8) is 0 Å². The zero-order valence-corrected chi connectivity index (χ0v) is 14.6. The van der Waals surface area contributed by atoms with Gasteiger partial charge in [0, 0.05) is 38.5 Å². The number of nitrogens with zero attached hydrogens (tertiary/aromatic N) is 3. The van der Waals surface area contributed by atoms with E-state index in [0.29, 0.717) is 6.54 Å². The van der Waals surface area contributed by atoms with E-state index < -0.39 is 0 Å². The van der Waals surface area contributed by atoms with Crippen LogP contribution in [0.15, 0.2) is 54.9 Å². The van der Waals surface area contributed by atoms with Gasteiger partial charge in [-0.15, -0.1) is 0 Å². The van der Waals surface area contributed by atoms with Crippen molar-refractivity contribution in [2.75, 3.05) is 14.2 Å². The highest BCUT2D eigenvalue weighted by Gasteiger charge is 2.07. The van der Waals surface area contributed by atoms with Crippen LogP contribution in [0.5, 0.6) is 5.75 Å². The summed E-state index contributed by atoms with van der Waals surface area (Å²) in [6.07, 6.45) is 6.93. The maximum atomic E-state index is 12.3. The minimum absolute atomic E-state index is 0.0429. The van der Waals surface area contributed by atoms with Crippen molar-refractivity contribution in [3.8, 4) is 5.75 Å². The fourth-order valence-electron chi connectivity index (χ4n) is 2.67. The van der Waals surface area contributed by atoms with Crippen LogP contribution in [-0.4, -0.2) is 34.7 Å². The maximum absolute atomic E-state index is 12.3. The quantitative estimate of drug-likeness (QED) is 0.673. The van der Waals surface area contributed by atoms with Crippen LogP contribution in [0, 0.1) is 0 Å². The second-order valence-corrected chi connectivity index (χ2v) is 6.02. The number of amides is 1. The summed E-state index contributed by atoms with van der Waals surface area (Å²) in [6.45, 7) is 0.554. The lowest BCUT2D eigenvalue weighted by Gasteiger charge is -2.15. The lowest BCUT2D eigenvalue weighted by molar-refractivity contribution is -0.125. The number of hydrogen-bond acceptors (Lipinski definition) is 3. The van der Waals surface area contributed by atoms with Gasteiger partial charge in [-0.05, 0) is 40.6 Å². The fraction of sp³-hybridized carbons (Fsp3) is 0.200. The van der Waals surface area contributed by atoms with E-state index in [4.69, 9.17) is 4.74 Å². The molecule has 128 valence electrons. The van der Waals surface area contributed by atoms with Crippen molar-refractivity contribution in [1.29, 1.82) is 0 Å². The Morgan fingerprint density at radius 2 is 2.00 bits per heavy atom. The van der Waals surface area contributed by atoms with E-state index in [9.17, 15) is 4.79 Å². The number of carbonyl (C=O) groups is 1. The van der Waals surface area contributed by atoms with E-state index in [0.717, 1.165) is 27.6 Å². The number of carbonyl (C=O) groups excluding carboxylic acids is 1. The molecule has 0 radical (unpaired) electrons. The highest BCUT2D eigenvalue weighted by Crippen LogP contribution is 2.22. The Bertz CT molecular complexity index is 928. The third-order valence-corrected chi connectivity index (χ3v) is 4.05. The van der Waals surface area contributed by atoms with E-state index in [2.05, 4.69) is 17.2 Å². The molecule has 0 aliphatic rings. The molecule has 5 nitrogen and oxygen atoms in total. The lowest BCUT2D eigenvalue weighted by Crippen LogP contribution is -2.24. The minimum Gasteiger partial charge on any atom is -0.497 e. The summed E-state index contributed by atoms with van der Waals surface area (Å²) >= 11 is 0. The van der Waals surface area contributed by atoms with Gasteiger partial charge >= 0.3 is 0 Å². The smallest absolute Gasteiger partial charge is 0.246 e. The summed E-state index contributed by atoms with van der Waals surface area (Å²) < 4.78 is 6.95. The summed E-state index contributed by atoms with van der Waals surface area (Å²) in [5.74, 6) is 0.798. The van der Waals surface area contributed by atoms with Gasteiger partial charge in [0.15, 0.2) is 0 Å². The molecule has 0 aliphatic carbocycles. The number of fused-ring (bicyclic) bond motifs is 1. The predicted molar refractivity (Wildman–Crippen MR) is 99.2 cm³/mol. The van der Waals surface area contributed by atoms with Gasteiger partial charge in [-0.1, -0.05) is 18.2 Å². The van der Waals surface area contributed by atoms with E-state index >= 15 is 0 Å². The van der Waals surface area contributed by atoms with Gasteiger partial charge in [0.1, 0.15) is 5.75 Å². The number of ether oxygens (including phenoxy) is 1. The van der Waals surface area contributed by atoms with Gasteiger partial charge in [0.05, 0.1) is 13.3 Å². The highest BCUT2D eigenvalue weighted by atomic mass is 16.5. The standard InChI is InChI=1S/C20H21N3O2/c1-22(20(24)9-5-16-12-21-23(2)14-16)13-15-4-6-18-11-19(25-3)8-7-17(18)10-15/h4-12,14H,13H2,1-3H3/b9-5+. The summed E-state index contributed by atoms with van der Waals surface area (Å²) in [7, 11) is 5.31. The first kappa shape index (κ1) is 16.8. The van der Waals surface area contributed by atoms with Crippen molar-refractivity contribution < 1.29 is 9.53 Å². The van der Waals surface area contributed by atoms with E-state index in [1.807, 2.05) is 37.5 Å². The molecule has 0 saturated heterocycles. The number of benzene rings is 2. The molecule has 3 aromatic rings. The molecule has 1 aromatic heterocycles. The molecule has 3 rings (SSSR count). The molecule has 0 unspecified atom stereocenters. The Hall–Kier alpha value is -3.08. The third kappa shape index (κ3) is 4.07. The normalized spacial score (nSPS) is 11.2. The van der Waals surface area contributed by atoms with Crippen LogP contribution in [0.1, 0.15) is 11.1 Å². The zero-order chi connectivity index (χ0) is 17.8. The lowest BCUT2D eigenvalue weighted by atomic mass is 10.1. The first-order valence-electron chi connectivity index (χ1n) is 8.03. The summed E-state index contributed by atoms with van der Waals surface area (Å²) in [5.41, 5.74) is 1.99. The van der Waals surface area contributed by atoms with Crippen LogP contribution in [0.2, 0.25) is 0 Å². The monoisotopic (exact) mass is 335 g/mol. The largest absolute Gasteiger partial charge is 0.497 e. The highest BCUT2D eigenvalue weighted by molar-refractivity contribution is 5.91. The molecular weight excluding hydrogens is 314 g/mol. The van der Waals surface area contributed by atoms with Crippen LogP contribution in [-0.2, 0) is 18.4 Å². The Kier molecular flexibility index (Phi) is 4.84. The van der Waals surface area contributed by atoms with Crippen molar-refractivity contribution >= 4 is 22.8 Å². The van der Waals surface area contributed by atoms with Crippen LogP contribution in [0.4, 0.5) is 0 Å². The molecule has 0 N–H and O–H groups in total. The van der Waals surface area contributed by atoms with Crippen LogP contribution >= 0.6 is 0 Å². The van der Waals surface area contributed by atoms with Gasteiger partial charge in [0.2, 0.25) is 5.91 Å². The summed E-state index contributed by atoms with van der Waals surface area (Å²) in [4.78, 5) is 14.0. The second-order valence-electron chi connectivity index (χ2n) is 6.02. The molecule has 0 aliphatic heterocycles. The van der Waals surface area contributed by atoms with Crippen molar-refractivity contribution in [3.05, 3.63) is 66.0 Å². The molecule has 0 spiro atoms. The molecular formula is C20H21N3O2. The topological polar surface area (TPSA) is 47.4 Å². The fourth-order valence-corrected chi connectivity index (χ4v) is 2.67. The van der Waals surface area contributed by atoms with Gasteiger partial charge in [-0.3, -0.25) is 9.48 Å². The Balaban J connectivity index is 1.69. The van der Waals surface area contributed by atoms with Crippen LogP contribution in [0.25, 0.3) is 16.8 Å². The minimum atomic E-state index is -0.0429. The van der Waals surface area contributed by atoms with Crippen LogP contribution in [0.3, 0.4) is 0 Å². The van der Waals surface area contributed by atoms with Gasteiger partial charge in [-0.25, -0.2) is 0 Å². The number of aromatic nitrogens is 2. The Morgan fingerprint density at radius 1 is 1.24 bits per heavy atom. The average Bonchev–Trinajstić information content (AvgIpc) is 3.04. The molecule has 1 amide bonds. The predicted octanol–water partition coefficient (Wildman–Crippen LogP) is 3.25. The van der Waals surface area contributed by atoms with Crippen molar-refractivity contribution in [2.24, 2.45) is 7.05 Å². The van der Waals surface area contributed by atoms with Crippen molar-refractivity contribution in [2.45, 2.75) is 6.54 Å². The zero-order valence-electron chi connectivity index (χ0n) is 14.6. The SMILES string of the molecule is COc1ccc2cc(CN(C)C(=O)/C=C/c3cnn(C)c3)ccc2c1. The molecule has 1 heterocycles. The summed E-state index contributed by atoms with van der Waals surface area (Å²) in [6, 6.07) is 12.2. The first-order chi connectivity index (χ1) is 12.0. The molecule has 0 saturated carbocycles. The van der Waals surface area contributed by atoms with Crippen molar-refractivity contribution in [1.82, 2.24) is 14.7 Å². The van der Waals surface area contributed by atoms with Gasteiger partial charge < -0.3 is 9.64 Å². The number of hydrogen-bond donors (Lipinski definition) is 0. The molecule has 0 fully saturated rings. The Labute approximate surface area is 147 Å². The molecule has 2 aromatic carbocycles. The van der Waals surface area contributed by atoms with Gasteiger partial charge in [-0.2, -0.15) is 5.10 Å². The molecule has 25 heavy (non-hydrogen) atoms. The second kappa shape index (κ2) is 7.21. The number of aryl methyl sites for hydroxylation is 1. The number of likely N-dealkylation sites (N-methyl/N-ethyl adjacent to an activating group) is 1. The molecule has 5 heteroatoms. The average molecular weight is 335 g/mol. The molecule has 0 atom stereocenters. The third-order valence-electron chi connectivity index (χ3n) is 4.05. The van der Waals surface area contributed by atoms with Crippen LogP contribution < -0.4 is 4.74 Å². The summed E-state index contributed by atoms with van der Waals surface area (Å²) in [5, 5.41) is 6.33. The number of methoxy groups -OCH3 is 1. The first-order valence-corrected chi connectivity index (χ1v) is 8.03. The van der Waals surface area contributed by atoms with E-state index in [1.54, 1.807) is 42.1 Å².